The van der Waals surface area contributed by atoms with E-state index in [2.05, 4.69) is 42.4 Å². The molecule has 0 saturated carbocycles. The highest BCUT2D eigenvalue weighted by molar-refractivity contribution is 7.92. The number of carbonyl (C=O) groups excluding carboxylic acids is 1. The van der Waals surface area contributed by atoms with Gasteiger partial charge in [0.2, 0.25) is 11.8 Å². The molecule has 2 heterocycles. The first-order valence-electron chi connectivity index (χ1n) is 13.5. The van der Waals surface area contributed by atoms with E-state index in [0.717, 1.165) is 29.5 Å². The standard InChI is InChI=1S/C30H38N4O4S/c1-19(2)13-14-34-24(15-20(3)4)18-38-27-17-26(28-21(5)9-7-10-22(28)6)31-30(32-27)33-39(36,37)25-12-8-11-23(16-25)29(34)35/h7-12,16-17,19-20,24H,13-15,18H2,1-6H3,(H,31,32,33)/t24-/m1/s1. The summed E-state index contributed by atoms with van der Waals surface area (Å²) in [6.07, 6.45) is 1.54. The zero-order chi connectivity index (χ0) is 28.3. The first-order valence-corrected chi connectivity index (χ1v) is 14.9. The lowest BCUT2D eigenvalue weighted by Gasteiger charge is -2.33. The molecule has 1 atom stereocenters. The van der Waals surface area contributed by atoms with Crippen molar-refractivity contribution >= 4 is 21.9 Å². The Balaban J connectivity index is 1.88. The van der Waals surface area contributed by atoms with E-state index in [1.165, 1.54) is 12.1 Å². The van der Waals surface area contributed by atoms with Crippen LogP contribution in [0.15, 0.2) is 53.4 Å². The van der Waals surface area contributed by atoms with E-state index >= 15 is 0 Å². The van der Waals surface area contributed by atoms with Crippen LogP contribution < -0.4 is 9.46 Å². The van der Waals surface area contributed by atoms with Crippen LogP contribution in [-0.4, -0.2) is 48.4 Å². The fourth-order valence-corrected chi connectivity index (χ4v) is 5.88. The number of nitrogens with zero attached hydrogens (tertiary/aromatic N) is 3. The van der Waals surface area contributed by atoms with Gasteiger partial charge in [-0.3, -0.25) is 4.79 Å². The van der Waals surface area contributed by atoms with Crippen LogP contribution in [0.3, 0.4) is 0 Å². The molecule has 0 fully saturated rings. The number of ether oxygens (including phenoxy) is 1. The molecule has 3 aromatic rings. The Kier molecular flexibility index (Phi) is 8.59. The van der Waals surface area contributed by atoms with Crippen molar-refractivity contribution in [1.29, 1.82) is 0 Å². The van der Waals surface area contributed by atoms with E-state index in [-0.39, 0.29) is 35.3 Å². The summed E-state index contributed by atoms with van der Waals surface area (Å²) in [6, 6.07) is 13.6. The number of benzene rings is 2. The molecule has 2 aromatic carbocycles. The number of aromatic nitrogens is 2. The average Bonchev–Trinajstić information content (AvgIpc) is 2.86. The molecule has 1 aromatic heterocycles. The van der Waals surface area contributed by atoms with Crippen LogP contribution in [0.2, 0.25) is 0 Å². The van der Waals surface area contributed by atoms with Crippen molar-refractivity contribution < 1.29 is 17.9 Å². The normalized spacial score (nSPS) is 17.2. The van der Waals surface area contributed by atoms with E-state index < -0.39 is 10.0 Å². The fraction of sp³-hybridized carbons (Fsp3) is 0.433. The number of rotatable bonds is 6. The second-order valence-electron chi connectivity index (χ2n) is 11.1. The summed E-state index contributed by atoms with van der Waals surface area (Å²) >= 11 is 0. The number of amides is 1. The van der Waals surface area contributed by atoms with Crippen LogP contribution in [0.5, 0.6) is 5.88 Å². The van der Waals surface area contributed by atoms with Crippen LogP contribution in [0.1, 0.15) is 62.0 Å². The zero-order valence-corrected chi connectivity index (χ0v) is 24.4. The van der Waals surface area contributed by atoms with Crippen molar-refractivity contribution in [3.63, 3.8) is 0 Å². The molecule has 1 aliphatic heterocycles. The number of carbonyl (C=O) groups is 1. The highest BCUT2D eigenvalue weighted by atomic mass is 32.2. The van der Waals surface area contributed by atoms with Gasteiger partial charge in [-0.05, 0) is 67.9 Å². The highest BCUT2D eigenvalue weighted by Gasteiger charge is 2.29. The minimum Gasteiger partial charge on any atom is -0.475 e. The number of aryl methyl sites for hydroxylation is 2. The first-order chi connectivity index (χ1) is 18.4. The molecule has 0 saturated heterocycles. The third-order valence-electron chi connectivity index (χ3n) is 6.87. The van der Waals surface area contributed by atoms with E-state index in [1.54, 1.807) is 18.2 Å². The topological polar surface area (TPSA) is 101 Å². The van der Waals surface area contributed by atoms with Crippen molar-refractivity contribution in [2.75, 3.05) is 17.9 Å². The van der Waals surface area contributed by atoms with Crippen LogP contribution >= 0.6 is 0 Å². The molecule has 8 nitrogen and oxygen atoms in total. The predicted octanol–water partition coefficient (Wildman–Crippen LogP) is 5.86. The number of nitrogens with one attached hydrogen (secondary N) is 1. The van der Waals surface area contributed by atoms with Gasteiger partial charge in [-0.25, -0.2) is 18.1 Å². The molecule has 1 N–H and O–H groups in total. The lowest BCUT2D eigenvalue weighted by Crippen LogP contribution is -2.45. The Hall–Kier alpha value is -3.46. The Morgan fingerprint density at radius 1 is 1.00 bits per heavy atom. The van der Waals surface area contributed by atoms with Gasteiger partial charge in [0.15, 0.2) is 0 Å². The molecule has 1 amide bonds. The van der Waals surface area contributed by atoms with Crippen LogP contribution in [-0.2, 0) is 10.0 Å². The Morgan fingerprint density at radius 3 is 2.36 bits per heavy atom. The van der Waals surface area contributed by atoms with Gasteiger partial charge in [0.05, 0.1) is 16.6 Å². The predicted molar refractivity (Wildman–Crippen MR) is 153 cm³/mol. The molecule has 4 rings (SSSR count). The first kappa shape index (κ1) is 28.5. The summed E-state index contributed by atoms with van der Waals surface area (Å²) in [6.45, 7) is 13.2. The third-order valence-corrected chi connectivity index (χ3v) is 8.20. The Morgan fingerprint density at radius 2 is 1.69 bits per heavy atom. The Labute approximate surface area is 231 Å². The number of hydrogen-bond acceptors (Lipinski definition) is 6. The van der Waals surface area contributed by atoms with Crippen molar-refractivity contribution in [1.82, 2.24) is 14.9 Å². The molecule has 0 unspecified atom stereocenters. The summed E-state index contributed by atoms with van der Waals surface area (Å²) < 4.78 is 35.6. The average molecular weight is 551 g/mol. The molecule has 1 aliphatic rings. The second kappa shape index (κ2) is 11.7. The molecule has 0 radical (unpaired) electrons. The lowest BCUT2D eigenvalue weighted by molar-refractivity contribution is 0.0563. The van der Waals surface area contributed by atoms with Gasteiger partial charge in [0.1, 0.15) is 6.61 Å². The smallest absolute Gasteiger partial charge is 0.264 e. The summed E-state index contributed by atoms with van der Waals surface area (Å²) in [5.41, 5.74) is 3.77. The molecule has 4 bridgehead atoms. The molecule has 0 spiro atoms. The van der Waals surface area contributed by atoms with Gasteiger partial charge >= 0.3 is 0 Å². The maximum absolute atomic E-state index is 13.9. The lowest BCUT2D eigenvalue weighted by atomic mass is 10.00. The number of hydrogen-bond donors (Lipinski definition) is 1. The van der Waals surface area contributed by atoms with E-state index in [9.17, 15) is 13.2 Å². The third kappa shape index (κ3) is 6.76. The molecule has 0 aliphatic carbocycles. The highest BCUT2D eigenvalue weighted by Crippen LogP contribution is 2.30. The zero-order valence-electron chi connectivity index (χ0n) is 23.6. The van der Waals surface area contributed by atoms with Crippen LogP contribution in [0.25, 0.3) is 11.3 Å². The maximum Gasteiger partial charge on any atom is 0.264 e. The minimum atomic E-state index is -4.08. The number of anilines is 1. The largest absolute Gasteiger partial charge is 0.475 e. The minimum absolute atomic E-state index is 0.0274. The quantitative estimate of drug-likeness (QED) is 0.413. The fourth-order valence-electron chi connectivity index (χ4n) is 4.89. The summed E-state index contributed by atoms with van der Waals surface area (Å²) in [5, 5.41) is 0. The van der Waals surface area contributed by atoms with Crippen molar-refractivity contribution in [2.45, 2.75) is 65.3 Å². The monoisotopic (exact) mass is 550 g/mol. The molecular weight excluding hydrogens is 512 g/mol. The summed E-state index contributed by atoms with van der Waals surface area (Å²) in [7, 11) is -4.08. The van der Waals surface area contributed by atoms with Crippen LogP contribution in [0, 0.1) is 25.7 Å². The maximum atomic E-state index is 13.9. The van der Waals surface area contributed by atoms with Gasteiger partial charge < -0.3 is 9.64 Å². The van der Waals surface area contributed by atoms with Crippen molar-refractivity contribution in [3.05, 3.63) is 65.2 Å². The summed E-state index contributed by atoms with van der Waals surface area (Å²) in [4.78, 5) is 24.7. The molecule has 208 valence electrons. The van der Waals surface area contributed by atoms with E-state index in [1.807, 2.05) is 36.9 Å². The van der Waals surface area contributed by atoms with Crippen molar-refractivity contribution in [3.8, 4) is 17.1 Å². The molecular formula is C30H38N4O4S. The summed E-state index contributed by atoms with van der Waals surface area (Å²) in [5.74, 6) is 0.649. The van der Waals surface area contributed by atoms with Gasteiger partial charge in [0.25, 0.3) is 15.9 Å². The SMILES string of the molecule is Cc1cccc(C)c1-c1cc2nc(n1)NS(=O)(=O)c1cccc(c1)C(=O)N(CCC(C)C)[C@H](CC(C)C)CO2. The Bertz CT molecular complexity index is 1430. The van der Waals surface area contributed by atoms with Crippen molar-refractivity contribution in [2.24, 2.45) is 11.8 Å². The van der Waals surface area contributed by atoms with Gasteiger partial charge in [-0.1, -0.05) is 52.0 Å². The second-order valence-corrected chi connectivity index (χ2v) is 12.8. The van der Waals surface area contributed by atoms with E-state index in [4.69, 9.17) is 4.74 Å². The number of fused-ring (bicyclic) bond motifs is 4. The van der Waals surface area contributed by atoms with Crippen LogP contribution in [0.4, 0.5) is 5.95 Å². The number of sulfonamides is 1. The van der Waals surface area contributed by atoms with Gasteiger partial charge in [-0.15, -0.1) is 0 Å². The van der Waals surface area contributed by atoms with Gasteiger partial charge in [0, 0.05) is 23.7 Å². The van der Waals surface area contributed by atoms with Gasteiger partial charge in [-0.2, -0.15) is 4.98 Å². The molecule has 39 heavy (non-hydrogen) atoms. The molecule has 9 heteroatoms. The van der Waals surface area contributed by atoms with E-state index in [0.29, 0.717) is 29.6 Å².